The van der Waals surface area contributed by atoms with Gasteiger partial charge in [0.25, 0.3) is 5.91 Å². The number of H-pyrrole nitrogens is 1. The molecular formula is C15H23N7O2. The van der Waals surface area contributed by atoms with Crippen LogP contribution in [0.2, 0.25) is 0 Å². The predicted octanol–water partition coefficient (Wildman–Crippen LogP) is 0.520. The maximum absolute atomic E-state index is 12.2. The molecule has 4 N–H and O–H groups in total. The predicted molar refractivity (Wildman–Crippen MR) is 86.0 cm³/mol. The number of amides is 1. The maximum atomic E-state index is 12.2. The van der Waals surface area contributed by atoms with Crippen molar-refractivity contribution in [1.82, 2.24) is 30.5 Å². The lowest BCUT2D eigenvalue weighted by Gasteiger charge is -2.25. The number of carbonyl (C=O) groups excluding carboxylic acids is 1. The van der Waals surface area contributed by atoms with E-state index >= 15 is 0 Å². The molecule has 0 unspecified atom stereocenters. The molecule has 9 heteroatoms. The fourth-order valence-corrected chi connectivity index (χ4v) is 2.91. The normalized spacial score (nSPS) is 20.9. The molecule has 24 heavy (non-hydrogen) atoms. The molecule has 0 atom stereocenters. The van der Waals surface area contributed by atoms with Crippen molar-refractivity contribution in [3.63, 3.8) is 0 Å². The minimum absolute atomic E-state index is 0.253. The second kappa shape index (κ2) is 7.54. The van der Waals surface area contributed by atoms with Crippen LogP contribution in [0.4, 0.5) is 0 Å². The molecule has 0 spiro atoms. The first-order chi connectivity index (χ1) is 11.7. The quantitative estimate of drug-likeness (QED) is 0.708. The van der Waals surface area contributed by atoms with Crippen molar-refractivity contribution in [3.8, 4) is 0 Å². The standard InChI is InChI=1S/C15H23N7O2/c1-24-9-12-6-11(18-19-12)7-17-15(23)14-8-22(21-20-14)13-4-2-10(16)3-5-13/h6,8,10,13H,2-5,7,9,16H2,1H3,(H,17,23)(H,18,19). The number of rotatable bonds is 6. The fourth-order valence-electron chi connectivity index (χ4n) is 2.91. The number of ether oxygens (including phenoxy) is 1. The van der Waals surface area contributed by atoms with Gasteiger partial charge in [0.1, 0.15) is 0 Å². The highest BCUT2D eigenvalue weighted by molar-refractivity contribution is 5.91. The first kappa shape index (κ1) is 16.6. The summed E-state index contributed by atoms with van der Waals surface area (Å²) in [5, 5.41) is 17.8. The molecular weight excluding hydrogens is 310 g/mol. The molecule has 0 aromatic carbocycles. The van der Waals surface area contributed by atoms with Crippen LogP contribution in [0.3, 0.4) is 0 Å². The molecule has 1 saturated carbocycles. The van der Waals surface area contributed by atoms with E-state index in [1.165, 1.54) is 0 Å². The fraction of sp³-hybridized carbons (Fsp3) is 0.600. The van der Waals surface area contributed by atoms with Crippen molar-refractivity contribution in [2.75, 3.05) is 7.11 Å². The maximum Gasteiger partial charge on any atom is 0.273 e. The smallest absolute Gasteiger partial charge is 0.273 e. The number of hydrogen-bond acceptors (Lipinski definition) is 6. The average molecular weight is 333 g/mol. The van der Waals surface area contributed by atoms with Crippen molar-refractivity contribution in [1.29, 1.82) is 0 Å². The molecule has 9 nitrogen and oxygen atoms in total. The minimum atomic E-state index is -0.253. The van der Waals surface area contributed by atoms with Gasteiger partial charge >= 0.3 is 0 Å². The highest BCUT2D eigenvalue weighted by atomic mass is 16.5. The van der Waals surface area contributed by atoms with E-state index in [1.807, 2.05) is 6.07 Å². The number of nitrogens with zero attached hydrogens (tertiary/aromatic N) is 4. The Labute approximate surface area is 139 Å². The summed E-state index contributed by atoms with van der Waals surface area (Å²) in [5.41, 5.74) is 7.84. The monoisotopic (exact) mass is 333 g/mol. The molecule has 3 rings (SSSR count). The van der Waals surface area contributed by atoms with E-state index in [1.54, 1.807) is 18.0 Å². The largest absolute Gasteiger partial charge is 0.378 e. The lowest BCUT2D eigenvalue weighted by Crippen LogP contribution is -2.28. The summed E-state index contributed by atoms with van der Waals surface area (Å²) >= 11 is 0. The molecule has 0 bridgehead atoms. The Balaban J connectivity index is 1.53. The lowest BCUT2D eigenvalue weighted by molar-refractivity contribution is 0.0945. The van der Waals surface area contributed by atoms with Crippen molar-refractivity contribution < 1.29 is 9.53 Å². The van der Waals surface area contributed by atoms with Gasteiger partial charge in [-0.1, -0.05) is 5.21 Å². The van der Waals surface area contributed by atoms with Crippen LogP contribution in [0, 0.1) is 0 Å². The summed E-state index contributed by atoms with van der Waals surface area (Å²) in [6.07, 6.45) is 5.62. The van der Waals surface area contributed by atoms with Crippen molar-refractivity contribution in [2.24, 2.45) is 5.73 Å². The van der Waals surface area contributed by atoms with E-state index in [0.717, 1.165) is 37.1 Å². The molecule has 2 aromatic rings. The lowest BCUT2D eigenvalue weighted by atomic mass is 9.92. The van der Waals surface area contributed by atoms with Crippen LogP contribution in [-0.2, 0) is 17.9 Å². The molecule has 2 aromatic heterocycles. The van der Waals surface area contributed by atoms with E-state index in [9.17, 15) is 4.79 Å². The zero-order valence-corrected chi connectivity index (χ0v) is 13.7. The number of carbonyl (C=O) groups is 1. The summed E-state index contributed by atoms with van der Waals surface area (Å²) in [4.78, 5) is 12.2. The summed E-state index contributed by atoms with van der Waals surface area (Å²) in [6.45, 7) is 0.782. The van der Waals surface area contributed by atoms with Gasteiger partial charge in [0, 0.05) is 13.2 Å². The zero-order valence-electron chi connectivity index (χ0n) is 13.7. The van der Waals surface area contributed by atoms with Gasteiger partial charge < -0.3 is 15.8 Å². The Bertz CT molecular complexity index is 673. The van der Waals surface area contributed by atoms with E-state index in [2.05, 4.69) is 25.8 Å². The van der Waals surface area contributed by atoms with E-state index in [0.29, 0.717) is 18.8 Å². The van der Waals surface area contributed by atoms with Gasteiger partial charge in [0.05, 0.1) is 36.8 Å². The summed E-state index contributed by atoms with van der Waals surface area (Å²) < 4.78 is 6.79. The zero-order chi connectivity index (χ0) is 16.9. The Morgan fingerprint density at radius 3 is 3.00 bits per heavy atom. The first-order valence-electron chi connectivity index (χ1n) is 8.13. The summed E-state index contributed by atoms with van der Waals surface area (Å²) in [5.74, 6) is -0.253. The van der Waals surface area contributed by atoms with Crippen molar-refractivity contribution >= 4 is 5.91 Å². The SMILES string of the molecule is COCc1cc(CNC(=O)c2cn(C3CCC(N)CC3)nn2)[nH]n1. The third-order valence-corrected chi connectivity index (χ3v) is 4.27. The topological polar surface area (TPSA) is 124 Å². The molecule has 0 radical (unpaired) electrons. The molecule has 1 fully saturated rings. The van der Waals surface area contributed by atoms with Crippen LogP contribution >= 0.6 is 0 Å². The molecule has 130 valence electrons. The third kappa shape index (κ3) is 3.98. The molecule has 2 heterocycles. The number of nitrogens with one attached hydrogen (secondary N) is 2. The first-order valence-corrected chi connectivity index (χ1v) is 8.13. The van der Waals surface area contributed by atoms with Crippen LogP contribution in [0.25, 0.3) is 0 Å². The van der Waals surface area contributed by atoms with Gasteiger partial charge in [-0.3, -0.25) is 9.89 Å². The number of nitrogens with two attached hydrogens (primary N) is 1. The van der Waals surface area contributed by atoms with Gasteiger partial charge in [0.2, 0.25) is 0 Å². The number of methoxy groups -OCH3 is 1. The molecule has 1 aliphatic carbocycles. The molecule has 1 amide bonds. The molecule has 1 aliphatic rings. The molecule has 0 saturated heterocycles. The Kier molecular flexibility index (Phi) is 5.21. The van der Waals surface area contributed by atoms with E-state index in [4.69, 9.17) is 10.5 Å². The average Bonchev–Trinajstić information content (AvgIpc) is 3.23. The second-order valence-corrected chi connectivity index (χ2v) is 6.15. The van der Waals surface area contributed by atoms with Crippen LogP contribution in [0.15, 0.2) is 12.3 Å². The van der Waals surface area contributed by atoms with E-state index < -0.39 is 0 Å². The van der Waals surface area contributed by atoms with Crippen LogP contribution in [0.5, 0.6) is 0 Å². The molecule has 0 aliphatic heterocycles. The van der Waals surface area contributed by atoms with Crippen molar-refractivity contribution in [3.05, 3.63) is 29.3 Å². The third-order valence-electron chi connectivity index (χ3n) is 4.27. The summed E-state index contributed by atoms with van der Waals surface area (Å²) in [7, 11) is 1.61. The van der Waals surface area contributed by atoms with Crippen molar-refractivity contribution in [2.45, 2.75) is 50.9 Å². The Hall–Kier alpha value is -2.26. The number of hydrogen-bond donors (Lipinski definition) is 3. The van der Waals surface area contributed by atoms with Gasteiger partial charge in [0.15, 0.2) is 5.69 Å². The van der Waals surface area contributed by atoms with Gasteiger partial charge in [-0.15, -0.1) is 5.10 Å². The van der Waals surface area contributed by atoms with Gasteiger partial charge in [-0.05, 0) is 31.7 Å². The highest BCUT2D eigenvalue weighted by Crippen LogP contribution is 2.26. The minimum Gasteiger partial charge on any atom is -0.378 e. The number of aromatic amines is 1. The van der Waals surface area contributed by atoms with Crippen LogP contribution in [0.1, 0.15) is 53.6 Å². The van der Waals surface area contributed by atoms with Gasteiger partial charge in [-0.2, -0.15) is 5.10 Å². The Morgan fingerprint density at radius 1 is 1.46 bits per heavy atom. The van der Waals surface area contributed by atoms with E-state index in [-0.39, 0.29) is 18.0 Å². The van der Waals surface area contributed by atoms with Gasteiger partial charge in [-0.25, -0.2) is 4.68 Å². The number of aromatic nitrogens is 5. The van der Waals surface area contributed by atoms with Crippen LogP contribution < -0.4 is 11.1 Å². The van der Waals surface area contributed by atoms with Crippen LogP contribution in [-0.4, -0.2) is 44.3 Å². The summed E-state index contributed by atoms with van der Waals surface area (Å²) in [6, 6.07) is 2.42. The second-order valence-electron chi connectivity index (χ2n) is 6.15. The Morgan fingerprint density at radius 2 is 2.25 bits per heavy atom. The highest BCUT2D eigenvalue weighted by Gasteiger charge is 2.22.